The number of fused-ring (bicyclic) bond motifs is 1. The van der Waals surface area contributed by atoms with E-state index in [1.165, 1.54) is 15.4 Å². The smallest absolute Gasteiger partial charge is 0.224 e. The van der Waals surface area contributed by atoms with E-state index >= 15 is 0 Å². The van der Waals surface area contributed by atoms with Crippen molar-refractivity contribution in [3.05, 3.63) is 123 Å². The summed E-state index contributed by atoms with van der Waals surface area (Å²) in [6.07, 6.45) is 6.20. The summed E-state index contributed by atoms with van der Waals surface area (Å²) in [5.74, 6) is 0.916. The monoisotopic (exact) mass is 529 g/mol. The molecule has 0 aliphatic carbocycles. The van der Waals surface area contributed by atoms with E-state index in [1.54, 1.807) is 11.8 Å². The highest BCUT2D eigenvalue weighted by atomic mass is 35.5. The first kappa shape index (κ1) is 26.8. The van der Waals surface area contributed by atoms with E-state index in [0.29, 0.717) is 19.5 Å². The molecule has 4 nitrogen and oxygen atoms in total. The Bertz CT molecular complexity index is 1310. The van der Waals surface area contributed by atoms with Gasteiger partial charge < -0.3 is 10.6 Å². The van der Waals surface area contributed by atoms with E-state index in [9.17, 15) is 4.79 Å². The van der Waals surface area contributed by atoms with Crippen molar-refractivity contribution < 1.29 is 4.79 Å². The Balaban J connectivity index is 1.33. The Morgan fingerprint density at radius 3 is 2.49 bits per heavy atom. The van der Waals surface area contributed by atoms with E-state index in [0.717, 1.165) is 46.1 Å². The van der Waals surface area contributed by atoms with Crippen molar-refractivity contribution in [1.29, 1.82) is 0 Å². The van der Waals surface area contributed by atoms with Gasteiger partial charge in [-0.1, -0.05) is 95.7 Å². The molecule has 1 aliphatic heterocycles. The van der Waals surface area contributed by atoms with Gasteiger partial charge >= 0.3 is 0 Å². The zero-order valence-corrected chi connectivity index (χ0v) is 22.8. The third kappa shape index (κ3) is 8.11. The zero-order chi connectivity index (χ0) is 26.0. The minimum atomic E-state index is 0.0354. The van der Waals surface area contributed by atoms with Crippen LogP contribution in [0.15, 0.2) is 105 Å². The Morgan fingerprint density at radius 1 is 0.973 bits per heavy atom. The molecule has 0 atom stereocenters. The molecule has 6 heteroatoms. The molecule has 0 aromatic heterocycles. The fourth-order valence-electron chi connectivity index (χ4n) is 3.90. The summed E-state index contributed by atoms with van der Waals surface area (Å²) < 4.78 is 0. The summed E-state index contributed by atoms with van der Waals surface area (Å²) in [5.41, 5.74) is 5.66. The maximum atomic E-state index is 12.2. The Hall–Kier alpha value is -3.28. The van der Waals surface area contributed by atoms with Crippen LogP contribution in [0.2, 0.25) is 5.02 Å². The van der Waals surface area contributed by atoms with E-state index in [4.69, 9.17) is 16.6 Å². The number of nitrogens with zero attached hydrogens (tertiary/aromatic N) is 1. The van der Waals surface area contributed by atoms with Crippen molar-refractivity contribution in [3.63, 3.8) is 0 Å². The van der Waals surface area contributed by atoms with Crippen LogP contribution in [-0.2, 0) is 17.9 Å². The standard InChI is InChI=1S/C31H32ClN3OS/c1-22-12-14-24(15-13-22)20-33-30(36)11-5-3-4-9-28-23(2)35-31(27-8-6-7-10-29(27)37-28)34-21-25-16-18-26(32)19-17-25/h3,5-8,10,12-19H,4,9,11,20-21H2,1-2H3,(H,33,36)(H,34,35)/b5-3-. The second-order valence-electron chi connectivity index (χ2n) is 9.04. The van der Waals surface area contributed by atoms with Crippen LogP contribution in [0.3, 0.4) is 0 Å². The fraction of sp³-hybridized carbons (Fsp3) is 0.226. The van der Waals surface area contributed by atoms with Gasteiger partial charge in [0.1, 0.15) is 5.84 Å². The second kappa shape index (κ2) is 13.3. The molecular formula is C31H32ClN3OS. The normalized spacial score (nSPS) is 14.4. The fourth-order valence-corrected chi connectivity index (χ4v) is 5.14. The molecule has 0 fully saturated rings. The number of carbonyl (C=O) groups is 1. The Kier molecular flexibility index (Phi) is 9.64. The number of benzene rings is 3. The van der Waals surface area contributed by atoms with Gasteiger partial charge in [0.05, 0.1) is 6.54 Å². The molecule has 0 spiro atoms. The van der Waals surface area contributed by atoms with Crippen LogP contribution < -0.4 is 10.6 Å². The summed E-state index contributed by atoms with van der Waals surface area (Å²) in [6.45, 7) is 5.30. The number of allylic oxidation sites excluding steroid dienone is 3. The molecule has 2 N–H and O–H groups in total. The van der Waals surface area contributed by atoms with Gasteiger partial charge in [-0.05, 0) is 56.0 Å². The summed E-state index contributed by atoms with van der Waals surface area (Å²) in [6, 6.07) is 24.4. The molecule has 0 unspecified atom stereocenters. The van der Waals surface area contributed by atoms with Gasteiger partial charge in [-0.2, -0.15) is 0 Å². The van der Waals surface area contributed by atoms with Crippen LogP contribution >= 0.6 is 23.4 Å². The lowest BCUT2D eigenvalue weighted by molar-refractivity contribution is -0.120. The molecule has 4 rings (SSSR count). The number of amides is 1. The molecule has 3 aromatic carbocycles. The van der Waals surface area contributed by atoms with Crippen molar-refractivity contribution in [2.45, 2.75) is 51.1 Å². The molecule has 0 saturated heterocycles. The number of aliphatic imine (C=N–C) groups is 1. The van der Waals surface area contributed by atoms with Crippen molar-refractivity contribution in [2.24, 2.45) is 4.99 Å². The van der Waals surface area contributed by atoms with Gasteiger partial charge in [0, 0.05) is 39.0 Å². The molecule has 0 radical (unpaired) electrons. The third-order valence-corrected chi connectivity index (χ3v) is 7.64. The highest BCUT2D eigenvalue weighted by Crippen LogP contribution is 2.36. The van der Waals surface area contributed by atoms with Crippen LogP contribution in [0.1, 0.15) is 48.4 Å². The van der Waals surface area contributed by atoms with Gasteiger partial charge in [-0.25, -0.2) is 0 Å². The molecule has 190 valence electrons. The van der Waals surface area contributed by atoms with Crippen molar-refractivity contribution >= 4 is 35.1 Å². The first-order valence-electron chi connectivity index (χ1n) is 12.5. The first-order valence-corrected chi connectivity index (χ1v) is 13.7. The minimum Gasteiger partial charge on any atom is -0.352 e. The number of aryl methyl sites for hydroxylation is 1. The average Bonchev–Trinajstić information content (AvgIpc) is 3.04. The van der Waals surface area contributed by atoms with Gasteiger partial charge in [0.2, 0.25) is 5.91 Å². The molecule has 1 heterocycles. The number of thioether (sulfide) groups is 1. The Morgan fingerprint density at radius 2 is 1.70 bits per heavy atom. The van der Waals surface area contributed by atoms with Crippen molar-refractivity contribution in [1.82, 2.24) is 10.6 Å². The van der Waals surface area contributed by atoms with Gasteiger partial charge in [0.25, 0.3) is 0 Å². The lowest BCUT2D eigenvalue weighted by Crippen LogP contribution is -2.23. The maximum Gasteiger partial charge on any atom is 0.224 e. The highest BCUT2D eigenvalue weighted by molar-refractivity contribution is 8.03. The number of nitrogens with one attached hydrogen (secondary N) is 2. The lowest BCUT2D eigenvalue weighted by Gasteiger charge is -2.10. The van der Waals surface area contributed by atoms with E-state index < -0.39 is 0 Å². The van der Waals surface area contributed by atoms with E-state index in [-0.39, 0.29) is 5.91 Å². The zero-order valence-electron chi connectivity index (χ0n) is 21.3. The van der Waals surface area contributed by atoms with Crippen molar-refractivity contribution in [3.8, 4) is 0 Å². The average molecular weight is 530 g/mol. The third-order valence-electron chi connectivity index (χ3n) is 6.05. The maximum absolute atomic E-state index is 12.2. The van der Waals surface area contributed by atoms with Gasteiger partial charge in [-0.3, -0.25) is 9.79 Å². The molecule has 0 bridgehead atoms. The van der Waals surface area contributed by atoms with Crippen LogP contribution in [0.4, 0.5) is 0 Å². The van der Waals surface area contributed by atoms with Crippen LogP contribution in [0.5, 0.6) is 0 Å². The lowest BCUT2D eigenvalue weighted by atomic mass is 10.1. The molecule has 3 aromatic rings. The van der Waals surface area contributed by atoms with Crippen LogP contribution in [0.25, 0.3) is 0 Å². The molecule has 0 saturated carbocycles. The van der Waals surface area contributed by atoms with Crippen molar-refractivity contribution in [2.75, 3.05) is 0 Å². The predicted octanol–water partition coefficient (Wildman–Crippen LogP) is 7.56. The summed E-state index contributed by atoms with van der Waals surface area (Å²) in [4.78, 5) is 19.6. The SMILES string of the molecule is CC1=C(CC/C=C\CC(=O)NCc2ccc(C)cc2)Sc2ccccc2C(=NCc2ccc(Cl)cc2)N1. The van der Waals surface area contributed by atoms with Crippen LogP contribution in [0, 0.1) is 6.92 Å². The number of rotatable bonds is 9. The second-order valence-corrected chi connectivity index (χ2v) is 10.6. The highest BCUT2D eigenvalue weighted by Gasteiger charge is 2.18. The Labute approximate surface area is 228 Å². The number of halogens is 1. The van der Waals surface area contributed by atoms with Gasteiger partial charge in [-0.15, -0.1) is 0 Å². The quantitative estimate of drug-likeness (QED) is 0.281. The summed E-state index contributed by atoms with van der Waals surface area (Å²) in [7, 11) is 0. The van der Waals surface area contributed by atoms with Crippen LogP contribution in [-0.4, -0.2) is 11.7 Å². The molecular weight excluding hydrogens is 498 g/mol. The van der Waals surface area contributed by atoms with Gasteiger partial charge in [0.15, 0.2) is 0 Å². The topological polar surface area (TPSA) is 53.5 Å². The molecule has 1 aliphatic rings. The predicted molar refractivity (Wildman–Crippen MR) is 156 cm³/mol. The number of hydrogen-bond donors (Lipinski definition) is 2. The molecule has 1 amide bonds. The minimum absolute atomic E-state index is 0.0354. The largest absolute Gasteiger partial charge is 0.352 e. The van der Waals surface area contributed by atoms with E-state index in [1.807, 2.05) is 48.5 Å². The van der Waals surface area contributed by atoms with E-state index in [2.05, 4.69) is 60.9 Å². The summed E-state index contributed by atoms with van der Waals surface area (Å²) in [5, 5.41) is 7.27. The number of carbonyl (C=O) groups excluding carboxylic acids is 1. The number of hydrogen-bond acceptors (Lipinski definition) is 3. The number of amidine groups is 1. The summed E-state index contributed by atoms with van der Waals surface area (Å²) >= 11 is 7.81. The molecule has 37 heavy (non-hydrogen) atoms. The first-order chi connectivity index (χ1) is 18.0.